The lowest BCUT2D eigenvalue weighted by atomic mass is 9.94. The van der Waals surface area contributed by atoms with Crippen molar-refractivity contribution in [3.8, 4) is 5.75 Å². The molecule has 0 atom stereocenters. The maximum absolute atomic E-state index is 13.1. The van der Waals surface area contributed by atoms with Crippen LogP contribution in [0.15, 0.2) is 54.1 Å². The summed E-state index contributed by atoms with van der Waals surface area (Å²) in [5.74, 6) is -1.11. The van der Waals surface area contributed by atoms with Gasteiger partial charge in [-0.3, -0.25) is 0 Å². The molecule has 2 aromatic rings. The summed E-state index contributed by atoms with van der Waals surface area (Å²) in [7, 11) is 4.00. The topological polar surface area (TPSA) is 61.8 Å². The molecule has 6 heteroatoms. The first kappa shape index (κ1) is 19.2. The smallest absolute Gasteiger partial charge is 0.339 e. The van der Waals surface area contributed by atoms with Gasteiger partial charge in [-0.2, -0.15) is 0 Å². The third kappa shape index (κ3) is 4.47. The molecule has 5 nitrogen and oxygen atoms in total. The van der Waals surface area contributed by atoms with Crippen LogP contribution in [0.5, 0.6) is 5.75 Å². The van der Waals surface area contributed by atoms with Gasteiger partial charge in [0, 0.05) is 6.42 Å². The van der Waals surface area contributed by atoms with Crippen molar-refractivity contribution in [2.24, 2.45) is 0 Å². The zero-order chi connectivity index (χ0) is 19.1. The molecule has 0 fully saturated rings. The highest BCUT2D eigenvalue weighted by molar-refractivity contribution is 6.22. The highest BCUT2D eigenvalue weighted by Crippen LogP contribution is 2.26. The van der Waals surface area contributed by atoms with Gasteiger partial charge in [-0.15, -0.1) is 0 Å². The molecule has 0 saturated carbocycles. The molecular formula is C20H19FO5. The largest absolute Gasteiger partial charge is 0.497 e. The summed E-state index contributed by atoms with van der Waals surface area (Å²) in [6, 6.07) is 12.3. The van der Waals surface area contributed by atoms with Gasteiger partial charge in [-0.1, -0.05) is 24.3 Å². The van der Waals surface area contributed by atoms with Crippen molar-refractivity contribution in [1.29, 1.82) is 0 Å². The zero-order valence-electron chi connectivity index (χ0n) is 14.7. The number of ether oxygens (including phenoxy) is 3. The molecule has 0 aliphatic heterocycles. The molecule has 0 heterocycles. The maximum atomic E-state index is 13.1. The Morgan fingerprint density at radius 1 is 0.846 bits per heavy atom. The molecule has 0 amide bonds. The van der Waals surface area contributed by atoms with E-state index < -0.39 is 11.9 Å². The second kappa shape index (κ2) is 8.80. The Morgan fingerprint density at radius 3 is 1.92 bits per heavy atom. The van der Waals surface area contributed by atoms with Crippen LogP contribution in [0.25, 0.3) is 5.57 Å². The number of esters is 2. The summed E-state index contributed by atoms with van der Waals surface area (Å²) in [4.78, 5) is 24.7. The molecule has 0 saturated heterocycles. The van der Waals surface area contributed by atoms with Crippen molar-refractivity contribution in [3.05, 3.63) is 71.0 Å². The molecule has 0 spiro atoms. The lowest BCUT2D eigenvalue weighted by molar-refractivity contribution is -0.137. The molecule has 0 aliphatic carbocycles. The van der Waals surface area contributed by atoms with E-state index in [2.05, 4.69) is 0 Å². The molecule has 0 aliphatic rings. The van der Waals surface area contributed by atoms with Gasteiger partial charge in [-0.05, 0) is 35.4 Å². The van der Waals surface area contributed by atoms with Crippen LogP contribution >= 0.6 is 0 Å². The molecule has 0 N–H and O–H groups in total. The molecule has 26 heavy (non-hydrogen) atoms. The number of methoxy groups -OCH3 is 3. The van der Waals surface area contributed by atoms with E-state index in [-0.39, 0.29) is 23.4 Å². The predicted molar refractivity (Wildman–Crippen MR) is 94.1 cm³/mol. The van der Waals surface area contributed by atoms with E-state index in [1.807, 2.05) is 0 Å². The van der Waals surface area contributed by atoms with E-state index in [0.29, 0.717) is 16.9 Å². The minimum Gasteiger partial charge on any atom is -0.497 e. The standard InChI is InChI=1S/C20H19FO5/c1-24-16-10-6-14(7-11-16)18(20(23)26-3)17(19(22)25-2)12-13-4-8-15(21)9-5-13/h4-11H,12H2,1-3H3/b18-17-. The Morgan fingerprint density at radius 2 is 1.42 bits per heavy atom. The summed E-state index contributed by atoms with van der Waals surface area (Å²) >= 11 is 0. The van der Waals surface area contributed by atoms with E-state index in [1.165, 1.54) is 33.5 Å². The minimum absolute atomic E-state index is 0.0867. The first-order valence-corrected chi connectivity index (χ1v) is 7.78. The van der Waals surface area contributed by atoms with Gasteiger partial charge in [-0.25, -0.2) is 14.0 Å². The summed E-state index contributed by atoms with van der Waals surface area (Å²) in [5, 5.41) is 0. The van der Waals surface area contributed by atoms with Gasteiger partial charge >= 0.3 is 11.9 Å². The van der Waals surface area contributed by atoms with E-state index in [0.717, 1.165) is 0 Å². The lowest BCUT2D eigenvalue weighted by Crippen LogP contribution is -2.16. The number of hydrogen-bond acceptors (Lipinski definition) is 5. The van der Waals surface area contributed by atoms with Crippen LogP contribution in [0.2, 0.25) is 0 Å². The third-order valence-corrected chi connectivity index (χ3v) is 3.80. The van der Waals surface area contributed by atoms with Crippen LogP contribution in [0.1, 0.15) is 11.1 Å². The average Bonchev–Trinajstić information content (AvgIpc) is 2.68. The second-order valence-electron chi connectivity index (χ2n) is 5.37. The van der Waals surface area contributed by atoms with Gasteiger partial charge in [0.05, 0.1) is 32.5 Å². The van der Waals surface area contributed by atoms with Gasteiger partial charge < -0.3 is 14.2 Å². The van der Waals surface area contributed by atoms with E-state index in [9.17, 15) is 14.0 Å². The summed E-state index contributed by atoms with van der Waals surface area (Å²) < 4.78 is 28.0. The number of hydrogen-bond donors (Lipinski definition) is 0. The molecule has 0 radical (unpaired) electrons. The SMILES string of the molecule is COC(=O)/C(Cc1ccc(F)cc1)=C(\C(=O)OC)c1ccc(OC)cc1. The van der Waals surface area contributed by atoms with E-state index in [1.54, 1.807) is 36.4 Å². The fourth-order valence-electron chi connectivity index (χ4n) is 2.47. The van der Waals surface area contributed by atoms with Crippen molar-refractivity contribution < 1.29 is 28.2 Å². The predicted octanol–water partition coefficient (Wildman–Crippen LogP) is 3.18. The Balaban J connectivity index is 2.59. The number of halogens is 1. The van der Waals surface area contributed by atoms with Gasteiger partial charge in [0.25, 0.3) is 0 Å². The molecule has 2 aromatic carbocycles. The van der Waals surface area contributed by atoms with Crippen molar-refractivity contribution in [2.45, 2.75) is 6.42 Å². The van der Waals surface area contributed by atoms with Crippen molar-refractivity contribution in [3.63, 3.8) is 0 Å². The molecule has 2 rings (SSSR count). The molecule has 0 aromatic heterocycles. The molecule has 0 bridgehead atoms. The van der Waals surface area contributed by atoms with Crippen LogP contribution in [0.3, 0.4) is 0 Å². The summed E-state index contributed by atoms with van der Waals surface area (Å²) in [6.45, 7) is 0. The number of benzene rings is 2. The van der Waals surface area contributed by atoms with Crippen molar-refractivity contribution in [2.75, 3.05) is 21.3 Å². The first-order valence-electron chi connectivity index (χ1n) is 7.78. The Kier molecular flexibility index (Phi) is 6.49. The number of carbonyl (C=O) groups excluding carboxylic acids is 2. The Labute approximate surface area is 151 Å². The van der Waals surface area contributed by atoms with E-state index >= 15 is 0 Å². The van der Waals surface area contributed by atoms with Gasteiger partial charge in [0.2, 0.25) is 0 Å². The maximum Gasteiger partial charge on any atom is 0.339 e. The quantitative estimate of drug-likeness (QED) is 0.586. The summed E-state index contributed by atoms with van der Waals surface area (Å²) in [6.07, 6.45) is 0.0867. The highest BCUT2D eigenvalue weighted by atomic mass is 19.1. The van der Waals surface area contributed by atoms with Crippen LogP contribution in [0, 0.1) is 5.82 Å². The third-order valence-electron chi connectivity index (χ3n) is 3.80. The van der Waals surface area contributed by atoms with Gasteiger partial charge in [0.1, 0.15) is 11.6 Å². The van der Waals surface area contributed by atoms with Crippen LogP contribution in [0.4, 0.5) is 4.39 Å². The highest BCUT2D eigenvalue weighted by Gasteiger charge is 2.24. The Hall–Kier alpha value is -3.15. The van der Waals surface area contributed by atoms with Crippen molar-refractivity contribution in [1.82, 2.24) is 0 Å². The number of carbonyl (C=O) groups is 2. The molecular weight excluding hydrogens is 339 g/mol. The normalized spacial score (nSPS) is 11.4. The van der Waals surface area contributed by atoms with Crippen LogP contribution < -0.4 is 4.74 Å². The van der Waals surface area contributed by atoms with E-state index in [4.69, 9.17) is 14.2 Å². The fourth-order valence-corrected chi connectivity index (χ4v) is 2.47. The summed E-state index contributed by atoms with van der Waals surface area (Å²) in [5.41, 5.74) is 1.35. The van der Waals surface area contributed by atoms with Crippen LogP contribution in [-0.2, 0) is 25.5 Å². The molecule has 136 valence electrons. The fraction of sp³-hybridized carbons (Fsp3) is 0.200. The second-order valence-corrected chi connectivity index (χ2v) is 5.37. The first-order chi connectivity index (χ1) is 12.5. The number of rotatable bonds is 6. The van der Waals surface area contributed by atoms with Gasteiger partial charge in [0.15, 0.2) is 0 Å². The van der Waals surface area contributed by atoms with Crippen LogP contribution in [-0.4, -0.2) is 33.3 Å². The van der Waals surface area contributed by atoms with Crippen molar-refractivity contribution >= 4 is 17.5 Å². The minimum atomic E-state index is -0.669. The zero-order valence-corrected chi connectivity index (χ0v) is 14.7. The monoisotopic (exact) mass is 358 g/mol. The average molecular weight is 358 g/mol. The molecule has 0 unspecified atom stereocenters. The lowest BCUT2D eigenvalue weighted by Gasteiger charge is -2.13. The Bertz CT molecular complexity index is 807.